The minimum Gasteiger partial charge on any atom is -0.491 e. The van der Waals surface area contributed by atoms with E-state index < -0.39 is 0 Å². The molecule has 0 bridgehead atoms. The number of epoxide rings is 2. The van der Waals surface area contributed by atoms with Gasteiger partial charge >= 0.3 is 0 Å². The molecule has 2 aliphatic rings. The first-order valence-electron chi connectivity index (χ1n) is 10.8. The Kier molecular flexibility index (Phi) is 6.62. The van der Waals surface area contributed by atoms with Crippen molar-refractivity contribution in [1.29, 1.82) is 0 Å². The molecule has 0 aliphatic carbocycles. The number of benzene rings is 1. The highest BCUT2D eigenvalue weighted by atomic mass is 16.6. The molecular weight excluding hydrogens is 368 g/mol. The number of unbranched alkanes of at least 4 members (excludes halogenated alkanes) is 1. The van der Waals surface area contributed by atoms with Crippen LogP contribution in [0.3, 0.4) is 0 Å². The van der Waals surface area contributed by atoms with Gasteiger partial charge in [-0.2, -0.15) is 0 Å². The molecule has 2 fully saturated rings. The van der Waals surface area contributed by atoms with Crippen molar-refractivity contribution in [3.63, 3.8) is 0 Å². The summed E-state index contributed by atoms with van der Waals surface area (Å²) >= 11 is 0. The smallest absolute Gasteiger partial charge is 0.159 e. The Bertz CT molecular complexity index is 765. The van der Waals surface area contributed by atoms with Gasteiger partial charge in [0.1, 0.15) is 31.2 Å². The topological polar surface area (TPSA) is 69.3 Å². The van der Waals surface area contributed by atoms with Crippen molar-refractivity contribution in [2.75, 3.05) is 13.2 Å². The molecule has 4 atom stereocenters. The summed E-state index contributed by atoms with van der Waals surface area (Å²) in [6.45, 7) is 5.53. The summed E-state index contributed by atoms with van der Waals surface area (Å²) in [6, 6.07) is 7.84. The molecule has 2 saturated heterocycles. The van der Waals surface area contributed by atoms with Gasteiger partial charge in [0.15, 0.2) is 11.6 Å². The number of nitrogens with zero attached hydrogens (tertiary/aromatic N) is 2. The molecule has 2 aliphatic heterocycles. The van der Waals surface area contributed by atoms with Crippen molar-refractivity contribution in [1.82, 2.24) is 9.97 Å². The van der Waals surface area contributed by atoms with E-state index in [1.807, 2.05) is 24.3 Å². The van der Waals surface area contributed by atoms with Gasteiger partial charge < -0.3 is 18.9 Å². The van der Waals surface area contributed by atoms with E-state index in [0.717, 1.165) is 30.6 Å². The summed E-state index contributed by atoms with van der Waals surface area (Å²) in [5.74, 6) is 2.17. The molecule has 0 unspecified atom stereocenters. The Morgan fingerprint density at radius 2 is 1.38 bits per heavy atom. The van der Waals surface area contributed by atoms with Crippen LogP contribution in [0.2, 0.25) is 0 Å². The van der Waals surface area contributed by atoms with E-state index in [4.69, 9.17) is 18.9 Å². The summed E-state index contributed by atoms with van der Waals surface area (Å²) in [5, 5.41) is 0. The average Bonchev–Trinajstić information content (AvgIpc) is 3.67. The Morgan fingerprint density at radius 1 is 0.759 bits per heavy atom. The molecular formula is C23H30N2O4. The normalized spacial score (nSPS) is 24.9. The molecule has 3 heterocycles. The second-order valence-electron chi connectivity index (χ2n) is 7.75. The van der Waals surface area contributed by atoms with Crippen molar-refractivity contribution >= 4 is 0 Å². The monoisotopic (exact) mass is 398 g/mol. The van der Waals surface area contributed by atoms with E-state index in [0.29, 0.717) is 37.0 Å². The number of hydrogen-bond acceptors (Lipinski definition) is 6. The largest absolute Gasteiger partial charge is 0.491 e. The summed E-state index contributed by atoms with van der Waals surface area (Å²) in [4.78, 5) is 8.83. The van der Waals surface area contributed by atoms with Crippen molar-refractivity contribution < 1.29 is 18.9 Å². The van der Waals surface area contributed by atoms with Gasteiger partial charge in [0.2, 0.25) is 0 Å². The molecule has 0 N–H and O–H groups in total. The van der Waals surface area contributed by atoms with Crippen LogP contribution in [0.5, 0.6) is 11.5 Å². The lowest BCUT2D eigenvalue weighted by atomic mass is 10.1. The van der Waals surface area contributed by atoms with Crippen molar-refractivity contribution in [2.45, 2.75) is 70.4 Å². The quantitative estimate of drug-likeness (QED) is 0.493. The molecule has 1 aromatic heterocycles. The van der Waals surface area contributed by atoms with Gasteiger partial charge in [-0.3, -0.25) is 0 Å². The number of rotatable bonds is 12. The van der Waals surface area contributed by atoms with Crippen molar-refractivity contribution in [3.05, 3.63) is 36.7 Å². The van der Waals surface area contributed by atoms with Gasteiger partial charge in [0.05, 0.1) is 24.6 Å². The molecule has 156 valence electrons. The first-order valence-corrected chi connectivity index (χ1v) is 10.8. The number of hydrogen-bond donors (Lipinski definition) is 0. The van der Waals surface area contributed by atoms with E-state index in [1.165, 1.54) is 12.8 Å². The molecule has 0 radical (unpaired) electrons. The van der Waals surface area contributed by atoms with Crippen LogP contribution in [-0.2, 0) is 9.47 Å². The third-order valence-electron chi connectivity index (χ3n) is 5.36. The zero-order valence-electron chi connectivity index (χ0n) is 17.3. The molecule has 0 spiro atoms. The zero-order chi connectivity index (χ0) is 20.1. The van der Waals surface area contributed by atoms with Crippen LogP contribution < -0.4 is 9.47 Å². The second kappa shape index (κ2) is 9.55. The minimum atomic E-state index is 0.213. The van der Waals surface area contributed by atoms with Gasteiger partial charge in [-0.15, -0.1) is 0 Å². The first-order chi connectivity index (χ1) is 14.3. The lowest BCUT2D eigenvalue weighted by molar-refractivity contribution is 0.258. The lowest BCUT2D eigenvalue weighted by Gasteiger charge is -2.07. The molecule has 0 amide bonds. The Hall–Kier alpha value is -2.18. The van der Waals surface area contributed by atoms with Crippen LogP contribution in [0.1, 0.15) is 46.0 Å². The van der Waals surface area contributed by atoms with Crippen LogP contribution >= 0.6 is 0 Å². The van der Waals surface area contributed by atoms with Gasteiger partial charge in [0, 0.05) is 5.56 Å². The van der Waals surface area contributed by atoms with Crippen molar-refractivity contribution in [3.8, 4) is 22.9 Å². The standard InChI is InChI=1S/C23H30N2O4/c1-3-5-7-20-22(29-20)14-26-17-10-8-16(9-11-17)23-24-12-18(13-25-23)27-15-21-19(28-21)6-4-2/h8-13,19-22H,3-7,14-15H2,1-2H3/t19-,20+,21+,22+/m1/s1. The Labute approximate surface area is 172 Å². The van der Waals surface area contributed by atoms with Crippen LogP contribution in [0.4, 0.5) is 0 Å². The number of aromatic nitrogens is 2. The zero-order valence-corrected chi connectivity index (χ0v) is 17.3. The molecule has 1 aromatic carbocycles. The van der Waals surface area contributed by atoms with E-state index in [2.05, 4.69) is 23.8 Å². The highest BCUT2D eigenvalue weighted by Gasteiger charge is 2.39. The van der Waals surface area contributed by atoms with Gasteiger partial charge in [0.25, 0.3) is 0 Å². The first kappa shape index (κ1) is 20.1. The molecule has 0 saturated carbocycles. The maximum atomic E-state index is 5.84. The fourth-order valence-corrected chi connectivity index (χ4v) is 3.45. The van der Waals surface area contributed by atoms with E-state index >= 15 is 0 Å². The van der Waals surface area contributed by atoms with Crippen LogP contribution in [0, 0.1) is 0 Å². The van der Waals surface area contributed by atoms with Crippen molar-refractivity contribution in [2.24, 2.45) is 0 Å². The molecule has 4 rings (SSSR count). The van der Waals surface area contributed by atoms with Crippen LogP contribution in [0.15, 0.2) is 36.7 Å². The third kappa shape index (κ3) is 5.67. The molecule has 2 aromatic rings. The SMILES string of the molecule is CCCC[C@@H]1O[C@H]1COc1ccc(-c2ncc(OC[C@@H]3O[C@@H]3CCC)cn2)cc1. The average molecular weight is 399 g/mol. The predicted molar refractivity (Wildman–Crippen MR) is 110 cm³/mol. The minimum absolute atomic E-state index is 0.213. The van der Waals surface area contributed by atoms with Gasteiger partial charge in [-0.05, 0) is 37.1 Å². The summed E-state index contributed by atoms with van der Waals surface area (Å²) in [5.41, 5.74) is 0.945. The second-order valence-corrected chi connectivity index (χ2v) is 7.75. The van der Waals surface area contributed by atoms with Gasteiger partial charge in [-0.1, -0.05) is 33.1 Å². The Balaban J connectivity index is 1.21. The maximum absolute atomic E-state index is 5.84. The molecule has 29 heavy (non-hydrogen) atoms. The summed E-state index contributed by atoms with van der Waals surface area (Å²) < 4.78 is 22.8. The van der Waals surface area contributed by atoms with Crippen LogP contribution in [0.25, 0.3) is 11.4 Å². The molecule has 6 heteroatoms. The fourth-order valence-electron chi connectivity index (χ4n) is 3.45. The van der Waals surface area contributed by atoms with Crippen LogP contribution in [-0.4, -0.2) is 47.6 Å². The van der Waals surface area contributed by atoms with E-state index in [1.54, 1.807) is 12.4 Å². The van der Waals surface area contributed by atoms with E-state index in [-0.39, 0.29) is 12.2 Å². The fraction of sp³-hybridized carbons (Fsp3) is 0.565. The Morgan fingerprint density at radius 3 is 2.00 bits per heavy atom. The number of ether oxygens (including phenoxy) is 4. The highest BCUT2D eigenvalue weighted by molar-refractivity contribution is 5.56. The summed E-state index contributed by atoms with van der Waals surface area (Å²) in [6.07, 6.45) is 10.4. The molecule has 6 nitrogen and oxygen atoms in total. The predicted octanol–water partition coefficient (Wildman–Crippen LogP) is 4.43. The maximum Gasteiger partial charge on any atom is 0.159 e. The lowest BCUT2D eigenvalue weighted by Crippen LogP contribution is -2.08. The summed E-state index contributed by atoms with van der Waals surface area (Å²) in [7, 11) is 0. The van der Waals surface area contributed by atoms with Gasteiger partial charge in [-0.25, -0.2) is 9.97 Å². The highest BCUT2D eigenvalue weighted by Crippen LogP contribution is 2.29. The third-order valence-corrected chi connectivity index (χ3v) is 5.36. The van der Waals surface area contributed by atoms with E-state index in [9.17, 15) is 0 Å².